The third-order valence-electron chi connectivity index (χ3n) is 6.64. The van der Waals surface area contributed by atoms with Crippen LogP contribution in [0.25, 0.3) is 0 Å². The molecular formula is C19H24O2. The number of ether oxygens (including phenoxy) is 1. The van der Waals surface area contributed by atoms with E-state index in [0.717, 1.165) is 37.4 Å². The van der Waals surface area contributed by atoms with Gasteiger partial charge >= 0.3 is 0 Å². The van der Waals surface area contributed by atoms with Gasteiger partial charge in [-0.05, 0) is 73.1 Å². The largest absolute Gasteiger partial charge is 0.497 e. The van der Waals surface area contributed by atoms with Crippen LogP contribution in [0.4, 0.5) is 0 Å². The van der Waals surface area contributed by atoms with Gasteiger partial charge in [-0.15, -0.1) is 0 Å². The van der Waals surface area contributed by atoms with Crippen LogP contribution in [0.2, 0.25) is 0 Å². The first-order valence-electron chi connectivity index (χ1n) is 8.33. The molecule has 0 saturated heterocycles. The SMILES string of the molecule is COc1ccc2c(c1)CC[C@H]1[C@@H]2CC[C@@]2(C)C(=O)CC[C@H]12. The summed E-state index contributed by atoms with van der Waals surface area (Å²) in [5.74, 6) is 3.52. The van der Waals surface area contributed by atoms with Crippen molar-refractivity contribution in [3.05, 3.63) is 29.3 Å². The number of carbonyl (C=O) groups excluding carboxylic acids is 1. The normalized spacial score (nSPS) is 37.6. The molecule has 2 saturated carbocycles. The van der Waals surface area contributed by atoms with E-state index in [1.54, 1.807) is 7.11 Å². The van der Waals surface area contributed by atoms with Gasteiger partial charge in [-0.1, -0.05) is 13.0 Å². The lowest BCUT2D eigenvalue weighted by atomic mass is 9.55. The van der Waals surface area contributed by atoms with E-state index in [2.05, 4.69) is 25.1 Å². The molecule has 0 aromatic heterocycles. The third kappa shape index (κ3) is 1.81. The number of methoxy groups -OCH3 is 1. The number of ketones is 1. The Morgan fingerprint density at radius 1 is 1.19 bits per heavy atom. The molecule has 1 aromatic rings. The molecule has 3 aliphatic carbocycles. The summed E-state index contributed by atoms with van der Waals surface area (Å²) >= 11 is 0. The maximum Gasteiger partial charge on any atom is 0.139 e. The smallest absolute Gasteiger partial charge is 0.139 e. The van der Waals surface area contributed by atoms with Crippen LogP contribution >= 0.6 is 0 Å². The predicted molar refractivity (Wildman–Crippen MR) is 82.6 cm³/mol. The Morgan fingerprint density at radius 3 is 2.86 bits per heavy atom. The van der Waals surface area contributed by atoms with Crippen LogP contribution < -0.4 is 4.74 Å². The van der Waals surface area contributed by atoms with Gasteiger partial charge in [0, 0.05) is 11.8 Å². The summed E-state index contributed by atoms with van der Waals surface area (Å²) in [4.78, 5) is 12.3. The fourth-order valence-corrected chi connectivity index (χ4v) is 5.46. The summed E-state index contributed by atoms with van der Waals surface area (Å²) in [6, 6.07) is 6.61. The van der Waals surface area contributed by atoms with Gasteiger partial charge in [-0.25, -0.2) is 0 Å². The van der Waals surface area contributed by atoms with E-state index in [9.17, 15) is 4.79 Å². The number of fused-ring (bicyclic) bond motifs is 5. The average Bonchev–Trinajstić information content (AvgIpc) is 2.82. The highest BCUT2D eigenvalue weighted by Crippen LogP contribution is 2.59. The average molecular weight is 284 g/mol. The number of hydrogen-bond donors (Lipinski definition) is 0. The van der Waals surface area contributed by atoms with Crippen molar-refractivity contribution in [2.75, 3.05) is 7.11 Å². The zero-order chi connectivity index (χ0) is 14.6. The van der Waals surface area contributed by atoms with Gasteiger partial charge in [-0.2, -0.15) is 0 Å². The molecule has 2 nitrogen and oxygen atoms in total. The van der Waals surface area contributed by atoms with E-state index in [1.165, 1.54) is 24.0 Å². The van der Waals surface area contributed by atoms with Crippen molar-refractivity contribution >= 4 is 5.78 Å². The van der Waals surface area contributed by atoms with E-state index in [0.29, 0.717) is 17.6 Å². The Bertz CT molecular complexity index is 591. The van der Waals surface area contributed by atoms with Crippen molar-refractivity contribution in [2.45, 2.75) is 51.4 Å². The summed E-state index contributed by atoms with van der Waals surface area (Å²) < 4.78 is 5.37. The summed E-state index contributed by atoms with van der Waals surface area (Å²) in [6.45, 7) is 2.24. The Labute approximate surface area is 126 Å². The second-order valence-electron chi connectivity index (χ2n) is 7.40. The molecule has 0 spiro atoms. The molecule has 0 unspecified atom stereocenters. The lowest BCUT2D eigenvalue weighted by Crippen LogP contribution is -2.42. The summed E-state index contributed by atoms with van der Waals surface area (Å²) in [5, 5.41) is 0. The third-order valence-corrected chi connectivity index (χ3v) is 6.64. The zero-order valence-electron chi connectivity index (χ0n) is 13.0. The van der Waals surface area contributed by atoms with Crippen LogP contribution in [0, 0.1) is 17.3 Å². The molecule has 4 atom stereocenters. The molecule has 21 heavy (non-hydrogen) atoms. The number of benzene rings is 1. The van der Waals surface area contributed by atoms with Gasteiger partial charge in [0.05, 0.1) is 7.11 Å². The summed E-state index contributed by atoms with van der Waals surface area (Å²) in [7, 11) is 1.74. The molecule has 0 aliphatic heterocycles. The molecular weight excluding hydrogens is 260 g/mol. The van der Waals surface area contributed by atoms with E-state index < -0.39 is 0 Å². The second-order valence-corrected chi connectivity index (χ2v) is 7.40. The minimum Gasteiger partial charge on any atom is -0.497 e. The predicted octanol–water partition coefficient (Wildman–Crippen LogP) is 4.12. The molecule has 112 valence electrons. The number of Topliss-reactive ketones (excluding diaryl/α,β-unsaturated/α-hetero) is 1. The minimum atomic E-state index is -0.00879. The van der Waals surface area contributed by atoms with Crippen molar-refractivity contribution in [1.29, 1.82) is 0 Å². The fourth-order valence-electron chi connectivity index (χ4n) is 5.46. The first-order valence-corrected chi connectivity index (χ1v) is 8.33. The van der Waals surface area contributed by atoms with Crippen LogP contribution in [0.15, 0.2) is 18.2 Å². The molecule has 0 heterocycles. The van der Waals surface area contributed by atoms with E-state index in [1.807, 2.05) is 0 Å². The highest BCUT2D eigenvalue weighted by molar-refractivity contribution is 5.87. The molecule has 1 aromatic carbocycles. The van der Waals surface area contributed by atoms with Gasteiger partial charge in [0.1, 0.15) is 11.5 Å². The Morgan fingerprint density at radius 2 is 2.05 bits per heavy atom. The lowest BCUT2D eigenvalue weighted by molar-refractivity contribution is -0.129. The fraction of sp³-hybridized carbons (Fsp3) is 0.632. The Kier molecular flexibility index (Phi) is 2.92. The van der Waals surface area contributed by atoms with Crippen LogP contribution in [0.3, 0.4) is 0 Å². The van der Waals surface area contributed by atoms with Crippen molar-refractivity contribution in [1.82, 2.24) is 0 Å². The number of rotatable bonds is 1. The number of carbonyl (C=O) groups is 1. The van der Waals surface area contributed by atoms with Crippen molar-refractivity contribution in [2.24, 2.45) is 17.3 Å². The standard InChI is InChI=1S/C19H24O2/c1-19-10-9-15-14-6-4-13(21-2)11-12(14)3-5-16(15)17(19)7-8-18(19)20/h4,6,11,15-17H,3,5,7-10H2,1-2H3/t15-,16+,17-,19-/m1/s1. The summed E-state index contributed by atoms with van der Waals surface area (Å²) in [5.41, 5.74) is 3.00. The van der Waals surface area contributed by atoms with Crippen LogP contribution in [-0.4, -0.2) is 12.9 Å². The first-order chi connectivity index (χ1) is 10.1. The van der Waals surface area contributed by atoms with Crippen LogP contribution in [0.1, 0.15) is 56.1 Å². The molecule has 2 fully saturated rings. The molecule has 3 aliphatic rings. The highest BCUT2D eigenvalue weighted by Gasteiger charge is 2.54. The Balaban J connectivity index is 1.70. The first kappa shape index (κ1) is 13.4. The topological polar surface area (TPSA) is 26.3 Å². The molecule has 0 radical (unpaired) electrons. The molecule has 4 rings (SSSR count). The summed E-state index contributed by atoms with van der Waals surface area (Å²) in [6.07, 6.45) is 6.61. The molecule has 0 amide bonds. The van der Waals surface area contributed by atoms with Crippen molar-refractivity contribution in [3.8, 4) is 5.75 Å². The number of hydrogen-bond acceptors (Lipinski definition) is 2. The van der Waals surface area contributed by atoms with Gasteiger partial charge in [0.2, 0.25) is 0 Å². The van der Waals surface area contributed by atoms with E-state index in [-0.39, 0.29) is 5.41 Å². The van der Waals surface area contributed by atoms with E-state index in [4.69, 9.17) is 4.74 Å². The van der Waals surface area contributed by atoms with Gasteiger partial charge in [0.25, 0.3) is 0 Å². The second kappa shape index (κ2) is 4.59. The maximum absolute atomic E-state index is 12.3. The zero-order valence-corrected chi connectivity index (χ0v) is 13.0. The molecule has 2 heteroatoms. The van der Waals surface area contributed by atoms with Crippen LogP contribution in [-0.2, 0) is 11.2 Å². The highest BCUT2D eigenvalue weighted by atomic mass is 16.5. The number of aryl methyl sites for hydroxylation is 1. The van der Waals surface area contributed by atoms with Gasteiger partial charge in [0.15, 0.2) is 0 Å². The lowest BCUT2D eigenvalue weighted by Gasteiger charge is -2.48. The Hall–Kier alpha value is -1.31. The quantitative estimate of drug-likeness (QED) is 0.775. The van der Waals surface area contributed by atoms with Crippen LogP contribution in [0.5, 0.6) is 5.75 Å². The van der Waals surface area contributed by atoms with E-state index >= 15 is 0 Å². The minimum absolute atomic E-state index is 0.00879. The molecule has 0 bridgehead atoms. The van der Waals surface area contributed by atoms with Gasteiger partial charge < -0.3 is 4.74 Å². The van der Waals surface area contributed by atoms with Crippen molar-refractivity contribution < 1.29 is 9.53 Å². The van der Waals surface area contributed by atoms with Crippen molar-refractivity contribution in [3.63, 3.8) is 0 Å². The maximum atomic E-state index is 12.3. The monoisotopic (exact) mass is 284 g/mol. The van der Waals surface area contributed by atoms with Gasteiger partial charge in [-0.3, -0.25) is 4.79 Å². The molecule has 0 N–H and O–H groups in total.